The minimum Gasteiger partial charge on any atom is -0.454 e. The van der Waals surface area contributed by atoms with E-state index in [2.05, 4.69) is 145 Å². The molecule has 6 aromatic carbocycles. The number of aromatic amines is 1. The first kappa shape index (κ1) is 28.3. The van der Waals surface area contributed by atoms with Crippen LogP contribution in [0.15, 0.2) is 150 Å². The van der Waals surface area contributed by atoms with Crippen molar-refractivity contribution in [2.45, 2.75) is 19.3 Å². The Balaban J connectivity index is 1.09. The lowest BCUT2D eigenvalue weighted by atomic mass is 9.81. The number of para-hydroxylation sites is 2. The third kappa shape index (κ3) is 4.02. The summed E-state index contributed by atoms with van der Waals surface area (Å²) in [6.45, 7) is 4.69. The number of pyridine rings is 2. The van der Waals surface area contributed by atoms with Crippen molar-refractivity contribution in [3.8, 4) is 44.6 Å². The van der Waals surface area contributed by atoms with Crippen molar-refractivity contribution in [3.05, 3.63) is 157 Å². The van der Waals surface area contributed by atoms with Crippen molar-refractivity contribution < 1.29 is 4.42 Å². The van der Waals surface area contributed by atoms with Gasteiger partial charge in [-0.3, -0.25) is 4.98 Å². The zero-order chi connectivity index (χ0) is 33.8. The van der Waals surface area contributed by atoms with E-state index in [0.717, 1.165) is 71.5 Å². The fourth-order valence-corrected chi connectivity index (χ4v) is 8.54. The molecule has 1 N–H and O–H groups in total. The molecule has 0 spiro atoms. The van der Waals surface area contributed by atoms with Crippen LogP contribution >= 0.6 is 0 Å². The monoisotopic (exact) mass is 653 g/mol. The second-order valence-corrected chi connectivity index (χ2v) is 14.3. The fourth-order valence-electron chi connectivity index (χ4n) is 8.54. The van der Waals surface area contributed by atoms with Gasteiger partial charge in [-0.1, -0.05) is 92.7 Å². The Hall–Kier alpha value is -6.52. The SMILES string of the molecule is CC1(C)c2cc(-c3ccncc3)ccc2-c2ccc(-c3cccc(-c4nc5c(ccc6c7ccccc7oc65)c5[nH]c6ccccc6c45)c3)cc21. The van der Waals surface area contributed by atoms with Gasteiger partial charge in [0.1, 0.15) is 11.1 Å². The van der Waals surface area contributed by atoms with Crippen LogP contribution in [0, 0.1) is 0 Å². The first-order valence-corrected chi connectivity index (χ1v) is 17.5. The number of nitrogens with one attached hydrogen (secondary N) is 1. The highest BCUT2D eigenvalue weighted by Gasteiger charge is 2.36. The van der Waals surface area contributed by atoms with Crippen molar-refractivity contribution in [2.75, 3.05) is 0 Å². The topological polar surface area (TPSA) is 54.7 Å². The number of furan rings is 1. The molecule has 0 saturated heterocycles. The predicted molar refractivity (Wildman–Crippen MR) is 210 cm³/mol. The van der Waals surface area contributed by atoms with Crippen LogP contribution in [0.2, 0.25) is 0 Å². The van der Waals surface area contributed by atoms with Gasteiger partial charge < -0.3 is 9.40 Å². The van der Waals surface area contributed by atoms with Gasteiger partial charge in [0.15, 0.2) is 5.58 Å². The van der Waals surface area contributed by atoms with Crippen LogP contribution in [0.3, 0.4) is 0 Å². The largest absolute Gasteiger partial charge is 0.454 e. The van der Waals surface area contributed by atoms with Gasteiger partial charge in [-0.25, -0.2) is 4.98 Å². The van der Waals surface area contributed by atoms with Crippen LogP contribution in [0.4, 0.5) is 0 Å². The number of benzene rings is 6. The summed E-state index contributed by atoms with van der Waals surface area (Å²) in [5.41, 5.74) is 16.7. The van der Waals surface area contributed by atoms with Gasteiger partial charge in [0.25, 0.3) is 0 Å². The molecule has 4 heterocycles. The van der Waals surface area contributed by atoms with E-state index in [0.29, 0.717) is 0 Å². The lowest BCUT2D eigenvalue weighted by molar-refractivity contribution is 0.661. The molecule has 11 rings (SSSR count). The molecule has 0 unspecified atom stereocenters. The van der Waals surface area contributed by atoms with Gasteiger partial charge in [0.2, 0.25) is 0 Å². The van der Waals surface area contributed by atoms with Crippen LogP contribution in [-0.4, -0.2) is 15.0 Å². The normalized spacial score (nSPS) is 13.5. The maximum Gasteiger partial charge on any atom is 0.161 e. The first-order valence-electron chi connectivity index (χ1n) is 17.5. The Bertz CT molecular complexity index is 3060. The van der Waals surface area contributed by atoms with Crippen molar-refractivity contribution in [3.63, 3.8) is 0 Å². The van der Waals surface area contributed by atoms with E-state index in [1.165, 1.54) is 38.9 Å². The van der Waals surface area contributed by atoms with Gasteiger partial charge in [0, 0.05) is 55.8 Å². The molecule has 240 valence electrons. The molecule has 4 heteroatoms. The highest BCUT2D eigenvalue weighted by Crippen LogP contribution is 2.51. The number of fused-ring (bicyclic) bond motifs is 12. The summed E-state index contributed by atoms with van der Waals surface area (Å²) in [6, 6.07) is 48.0. The highest BCUT2D eigenvalue weighted by molar-refractivity contribution is 6.25. The van der Waals surface area contributed by atoms with Gasteiger partial charge in [-0.05, 0) is 99.1 Å². The van der Waals surface area contributed by atoms with Gasteiger partial charge in [-0.2, -0.15) is 0 Å². The molecule has 0 atom stereocenters. The summed E-state index contributed by atoms with van der Waals surface area (Å²) in [4.78, 5) is 13.4. The Kier molecular flexibility index (Phi) is 5.70. The van der Waals surface area contributed by atoms with E-state index in [9.17, 15) is 0 Å². The zero-order valence-electron chi connectivity index (χ0n) is 28.2. The molecule has 0 fully saturated rings. The molecule has 0 amide bonds. The molecule has 10 aromatic rings. The standard InChI is InChI=1S/C47H31N3O/c1-47(2)38-25-29(27-20-22-48-23-21-27)14-16-32(38)33-17-15-30(26-39(33)47)28-8-7-9-31(24-28)43-42-36-11-3-5-12-40(36)49-44(42)37-19-18-35-34-10-4-6-13-41(34)51-46(35)45(37)50-43/h3-26,49H,1-2H3. The van der Waals surface area contributed by atoms with E-state index in [1.807, 2.05) is 24.5 Å². The minimum absolute atomic E-state index is 0.143. The lowest BCUT2D eigenvalue weighted by Gasteiger charge is -2.22. The van der Waals surface area contributed by atoms with E-state index >= 15 is 0 Å². The molecule has 1 aliphatic rings. The molecule has 0 bridgehead atoms. The van der Waals surface area contributed by atoms with Crippen LogP contribution in [-0.2, 0) is 5.41 Å². The van der Waals surface area contributed by atoms with E-state index < -0.39 is 0 Å². The third-order valence-electron chi connectivity index (χ3n) is 11.1. The second kappa shape index (κ2) is 10.3. The molecule has 51 heavy (non-hydrogen) atoms. The van der Waals surface area contributed by atoms with Gasteiger partial charge in [0.05, 0.1) is 11.2 Å². The van der Waals surface area contributed by atoms with Crippen molar-refractivity contribution in [2.24, 2.45) is 0 Å². The molecular weight excluding hydrogens is 623 g/mol. The van der Waals surface area contributed by atoms with E-state index in [1.54, 1.807) is 0 Å². The van der Waals surface area contributed by atoms with Crippen LogP contribution in [0.1, 0.15) is 25.0 Å². The maximum atomic E-state index is 6.51. The summed E-state index contributed by atoms with van der Waals surface area (Å²) in [7, 11) is 0. The summed E-state index contributed by atoms with van der Waals surface area (Å²) < 4.78 is 6.51. The molecule has 1 aliphatic carbocycles. The lowest BCUT2D eigenvalue weighted by Crippen LogP contribution is -2.15. The molecule has 0 aliphatic heterocycles. The third-order valence-corrected chi connectivity index (χ3v) is 11.1. The van der Waals surface area contributed by atoms with Crippen LogP contribution in [0.5, 0.6) is 0 Å². The average Bonchev–Trinajstić information content (AvgIpc) is 3.83. The Morgan fingerprint density at radius 2 is 1.22 bits per heavy atom. The average molecular weight is 654 g/mol. The van der Waals surface area contributed by atoms with E-state index in [-0.39, 0.29) is 5.41 Å². The van der Waals surface area contributed by atoms with Gasteiger partial charge >= 0.3 is 0 Å². The number of aromatic nitrogens is 3. The molecular formula is C47H31N3O. The Labute approximate surface area is 294 Å². The summed E-state index contributed by atoms with van der Waals surface area (Å²) in [5, 5.41) is 5.53. The second-order valence-electron chi connectivity index (χ2n) is 14.3. The van der Waals surface area contributed by atoms with Gasteiger partial charge in [-0.15, -0.1) is 0 Å². The number of nitrogens with zero attached hydrogens (tertiary/aromatic N) is 2. The van der Waals surface area contributed by atoms with Crippen molar-refractivity contribution in [1.82, 2.24) is 15.0 Å². The van der Waals surface area contributed by atoms with Crippen molar-refractivity contribution in [1.29, 1.82) is 0 Å². The van der Waals surface area contributed by atoms with Crippen molar-refractivity contribution >= 4 is 54.6 Å². The number of hydrogen-bond acceptors (Lipinski definition) is 3. The number of hydrogen-bond donors (Lipinski definition) is 1. The summed E-state index contributed by atoms with van der Waals surface area (Å²) in [6.07, 6.45) is 3.72. The van der Waals surface area contributed by atoms with Crippen LogP contribution < -0.4 is 0 Å². The maximum absolute atomic E-state index is 6.51. The van der Waals surface area contributed by atoms with E-state index in [4.69, 9.17) is 9.40 Å². The molecule has 4 nitrogen and oxygen atoms in total. The number of rotatable bonds is 3. The Morgan fingerprint density at radius 3 is 2.02 bits per heavy atom. The minimum atomic E-state index is -0.143. The number of H-pyrrole nitrogens is 1. The first-order chi connectivity index (χ1) is 25.0. The quantitative estimate of drug-likeness (QED) is 0.206. The van der Waals surface area contributed by atoms with Crippen LogP contribution in [0.25, 0.3) is 99.3 Å². The smallest absolute Gasteiger partial charge is 0.161 e. The molecule has 0 saturated carbocycles. The summed E-state index contributed by atoms with van der Waals surface area (Å²) in [5.74, 6) is 0. The zero-order valence-corrected chi connectivity index (χ0v) is 28.2. The predicted octanol–water partition coefficient (Wildman–Crippen LogP) is 12.5. The highest BCUT2D eigenvalue weighted by atomic mass is 16.3. The fraction of sp³-hybridized carbons (Fsp3) is 0.0638. The Morgan fingerprint density at radius 1 is 0.549 bits per heavy atom. The summed E-state index contributed by atoms with van der Waals surface area (Å²) >= 11 is 0. The molecule has 0 radical (unpaired) electrons. The molecule has 4 aromatic heterocycles.